The summed E-state index contributed by atoms with van der Waals surface area (Å²) in [6, 6.07) is 6.48. The first-order valence-electron chi connectivity index (χ1n) is 12.9. The van der Waals surface area contributed by atoms with Crippen LogP contribution in [0.3, 0.4) is 0 Å². The highest BCUT2D eigenvalue weighted by Gasteiger charge is 2.33. The molecule has 2 atom stereocenters. The maximum atomic E-state index is 13.6. The van der Waals surface area contributed by atoms with E-state index in [1.165, 1.54) is 21.1 Å². The van der Waals surface area contributed by atoms with Crippen LogP contribution >= 0.6 is 11.8 Å². The average molecular weight is 481 g/mol. The molecule has 0 fully saturated rings. The Hall–Kier alpha value is -2.78. The van der Waals surface area contributed by atoms with Gasteiger partial charge in [0.15, 0.2) is 5.78 Å². The molecule has 0 spiro atoms. The van der Waals surface area contributed by atoms with Gasteiger partial charge in [-0.25, -0.2) is 0 Å². The van der Waals surface area contributed by atoms with Crippen molar-refractivity contribution in [2.24, 2.45) is 17.8 Å². The van der Waals surface area contributed by atoms with Gasteiger partial charge in [0.2, 0.25) is 0 Å². The van der Waals surface area contributed by atoms with Crippen molar-refractivity contribution in [1.82, 2.24) is 0 Å². The number of ether oxygens (including phenoxy) is 1. The second kappa shape index (κ2) is 8.71. The number of benzene rings is 2. The lowest BCUT2D eigenvalue weighted by Gasteiger charge is -2.31. The molecular weight excluding hydrogens is 448 g/mol. The number of hydrogen-bond donors (Lipinski definition) is 0. The first-order valence-corrected chi connectivity index (χ1v) is 13.8. The molecule has 2 unspecified atom stereocenters. The lowest BCUT2D eigenvalue weighted by Crippen LogP contribution is -2.32. The van der Waals surface area contributed by atoms with E-state index in [-0.39, 0.29) is 23.1 Å². The van der Waals surface area contributed by atoms with E-state index in [9.17, 15) is 4.79 Å². The molecule has 1 heterocycles. The van der Waals surface area contributed by atoms with Gasteiger partial charge in [0.05, 0.1) is 22.2 Å². The van der Waals surface area contributed by atoms with Crippen LogP contribution in [0.5, 0.6) is 5.75 Å². The maximum absolute atomic E-state index is 13.6. The number of fused-ring (bicyclic) bond motifs is 2. The summed E-state index contributed by atoms with van der Waals surface area (Å²) in [6.45, 7) is 9.09. The molecule has 3 heteroatoms. The molecule has 0 saturated heterocycles. The van der Waals surface area contributed by atoms with Crippen molar-refractivity contribution < 1.29 is 9.53 Å². The highest BCUT2D eigenvalue weighted by atomic mass is 32.2. The summed E-state index contributed by atoms with van der Waals surface area (Å²) in [4.78, 5) is 14.8. The summed E-state index contributed by atoms with van der Waals surface area (Å²) in [6.07, 6.45) is 19.2. The molecule has 0 N–H and O–H groups in total. The predicted molar refractivity (Wildman–Crippen MR) is 147 cm³/mol. The summed E-state index contributed by atoms with van der Waals surface area (Å²) < 4.78 is 6.94. The molecule has 35 heavy (non-hydrogen) atoms. The number of carbonyl (C=O) groups is 1. The van der Waals surface area contributed by atoms with Crippen molar-refractivity contribution in [3.8, 4) is 5.75 Å². The Bertz CT molecular complexity index is 1470. The van der Waals surface area contributed by atoms with Crippen LogP contribution in [0.1, 0.15) is 50.9 Å². The van der Waals surface area contributed by atoms with E-state index in [0.29, 0.717) is 11.8 Å². The van der Waals surface area contributed by atoms with Gasteiger partial charge >= 0.3 is 0 Å². The zero-order valence-corrected chi connectivity index (χ0v) is 21.7. The Labute approximate surface area is 211 Å². The highest BCUT2D eigenvalue weighted by Crippen LogP contribution is 2.45. The van der Waals surface area contributed by atoms with Gasteiger partial charge in [-0.2, -0.15) is 0 Å². The normalized spacial score (nSPS) is 21.5. The van der Waals surface area contributed by atoms with Crippen LogP contribution in [0.2, 0.25) is 0 Å². The topological polar surface area (TPSA) is 26.3 Å². The smallest absolute Gasteiger partial charge is 0.174 e. The van der Waals surface area contributed by atoms with Gasteiger partial charge in [0.1, 0.15) is 5.75 Å². The fourth-order valence-electron chi connectivity index (χ4n) is 6.00. The van der Waals surface area contributed by atoms with Crippen LogP contribution in [-0.2, 0) is 0 Å². The zero-order valence-electron chi connectivity index (χ0n) is 20.9. The molecule has 0 saturated carbocycles. The Balaban J connectivity index is 1.68. The Kier molecular flexibility index (Phi) is 5.64. The predicted octanol–water partition coefficient (Wildman–Crippen LogP) is 6.52. The average Bonchev–Trinajstić information content (AvgIpc) is 2.84. The van der Waals surface area contributed by atoms with Gasteiger partial charge in [-0.15, -0.1) is 11.8 Å². The molecule has 4 aliphatic rings. The minimum absolute atomic E-state index is 0.170. The van der Waals surface area contributed by atoms with Gasteiger partial charge in [0, 0.05) is 16.3 Å². The van der Waals surface area contributed by atoms with E-state index in [4.69, 9.17) is 4.74 Å². The molecule has 6 rings (SSSR count). The number of Topliss-reactive ketones (excluding diaryl/α,β-unsaturated/α-hetero) is 1. The van der Waals surface area contributed by atoms with Gasteiger partial charge < -0.3 is 4.74 Å². The summed E-state index contributed by atoms with van der Waals surface area (Å²) >= 11 is 1.87. The molecule has 2 nitrogen and oxygen atoms in total. The van der Waals surface area contributed by atoms with Crippen LogP contribution in [0.25, 0.3) is 21.9 Å². The van der Waals surface area contributed by atoms with E-state index in [1.54, 1.807) is 0 Å². The molecule has 0 amide bonds. The van der Waals surface area contributed by atoms with Crippen LogP contribution in [0.15, 0.2) is 71.7 Å². The largest absolute Gasteiger partial charge is 0.489 e. The van der Waals surface area contributed by atoms with E-state index in [0.717, 1.165) is 40.3 Å². The quantitative estimate of drug-likeness (QED) is 0.471. The fourth-order valence-corrected chi connectivity index (χ4v) is 7.31. The van der Waals surface area contributed by atoms with Crippen LogP contribution in [0.4, 0.5) is 0 Å². The number of rotatable bonds is 6. The molecule has 0 bridgehead atoms. The van der Waals surface area contributed by atoms with Gasteiger partial charge in [0.25, 0.3) is 0 Å². The summed E-state index contributed by atoms with van der Waals surface area (Å²) in [5, 5.41) is 4.96. The second-order valence-electron chi connectivity index (χ2n) is 10.9. The molecule has 2 aromatic rings. The van der Waals surface area contributed by atoms with Crippen LogP contribution in [0, 0.1) is 17.8 Å². The van der Waals surface area contributed by atoms with Gasteiger partial charge in [-0.3, -0.25) is 4.79 Å². The van der Waals surface area contributed by atoms with Crippen molar-refractivity contribution in [2.45, 2.75) is 56.8 Å². The fraction of sp³-hybridized carbons (Fsp3) is 0.344. The molecule has 3 aliphatic carbocycles. The van der Waals surface area contributed by atoms with Crippen molar-refractivity contribution >= 4 is 39.5 Å². The summed E-state index contributed by atoms with van der Waals surface area (Å²) in [7, 11) is 0. The van der Waals surface area contributed by atoms with Crippen LogP contribution in [-0.4, -0.2) is 17.1 Å². The third kappa shape index (κ3) is 3.76. The second-order valence-corrected chi connectivity index (χ2v) is 12.1. The molecule has 178 valence electrons. The summed E-state index contributed by atoms with van der Waals surface area (Å²) in [5.41, 5.74) is 3.26. The first kappa shape index (κ1) is 22.7. The van der Waals surface area contributed by atoms with E-state index >= 15 is 0 Å². The number of ketones is 1. The molecular formula is C32H32O2S. The van der Waals surface area contributed by atoms with Gasteiger partial charge in [-0.1, -0.05) is 88.4 Å². The summed E-state index contributed by atoms with van der Waals surface area (Å²) in [5.74, 6) is 2.10. The number of allylic oxidation sites excluding steroid dienone is 7. The van der Waals surface area contributed by atoms with E-state index in [1.807, 2.05) is 23.9 Å². The minimum atomic E-state index is -0.212. The molecule has 0 aromatic heterocycles. The minimum Gasteiger partial charge on any atom is -0.489 e. The molecule has 0 radical (unpaired) electrons. The Morgan fingerprint density at radius 3 is 2.31 bits per heavy atom. The highest BCUT2D eigenvalue weighted by molar-refractivity contribution is 8.01. The van der Waals surface area contributed by atoms with E-state index < -0.39 is 0 Å². The van der Waals surface area contributed by atoms with E-state index in [2.05, 4.69) is 82.4 Å². The maximum Gasteiger partial charge on any atom is 0.174 e. The lowest BCUT2D eigenvalue weighted by atomic mass is 9.78. The van der Waals surface area contributed by atoms with Gasteiger partial charge in [-0.05, 0) is 52.3 Å². The first-order chi connectivity index (χ1) is 16.9. The van der Waals surface area contributed by atoms with Crippen LogP contribution < -0.4 is 15.2 Å². The number of thioether (sulfide) groups is 1. The SMILES string of the molecule is CC(C)CC(CC(C)C)Oc1cc2c3c(ccc4c3c1SC1C=CC=CC=41)C(=O)C1C=CC=CC=21. The van der Waals surface area contributed by atoms with Crippen molar-refractivity contribution in [3.63, 3.8) is 0 Å². The third-order valence-corrected chi connectivity index (χ3v) is 8.69. The molecule has 2 aromatic carbocycles. The van der Waals surface area contributed by atoms with Crippen molar-refractivity contribution in [3.05, 3.63) is 82.8 Å². The Morgan fingerprint density at radius 1 is 0.857 bits per heavy atom. The number of carbonyl (C=O) groups excluding carboxylic acids is 1. The Morgan fingerprint density at radius 2 is 1.57 bits per heavy atom. The van der Waals surface area contributed by atoms with Crippen molar-refractivity contribution in [2.75, 3.05) is 0 Å². The third-order valence-electron chi connectivity index (χ3n) is 7.38. The van der Waals surface area contributed by atoms with Crippen molar-refractivity contribution in [1.29, 1.82) is 0 Å². The zero-order chi connectivity index (χ0) is 24.3. The monoisotopic (exact) mass is 480 g/mol. The lowest BCUT2D eigenvalue weighted by molar-refractivity contribution is 0.0968. The molecule has 1 aliphatic heterocycles. The number of hydrogen-bond acceptors (Lipinski definition) is 3. The standard InChI is InChI=1S/C32H32O2S/c1-18(2)15-20(16-19(3)4)34-27-17-26-21-9-5-6-11-24(21)31(33)25-14-13-23-22-10-7-8-12-28(22)35-32(27)30(23)29(25)26/h5-14,17-20,24,28H,15-16H2,1-4H3.